The molecule has 1 fully saturated rings. The number of hydrogen-bond acceptors (Lipinski definition) is 3. The minimum atomic E-state index is -4.44. The number of carbonyl (C=O) groups excluding carboxylic acids is 2. The first-order chi connectivity index (χ1) is 16.8. The summed E-state index contributed by atoms with van der Waals surface area (Å²) < 4.78 is 44.4. The Morgan fingerprint density at radius 3 is 2.37 bits per heavy atom. The van der Waals surface area contributed by atoms with E-state index in [-0.39, 0.29) is 17.4 Å². The van der Waals surface area contributed by atoms with Crippen LogP contribution in [0.15, 0.2) is 48.5 Å². The molecule has 5 nitrogen and oxygen atoms in total. The number of piperidine rings is 1. The lowest BCUT2D eigenvalue weighted by Gasteiger charge is -2.41. The number of amides is 2. The first-order valence-corrected chi connectivity index (χ1v) is 12.2. The average molecular weight is 489 g/mol. The number of likely N-dealkylation sites (tertiary alicyclic amines) is 1. The number of rotatable bonds is 1. The van der Waals surface area contributed by atoms with Crippen molar-refractivity contribution in [3.05, 3.63) is 65.2 Å². The van der Waals surface area contributed by atoms with Gasteiger partial charge in [0.05, 0.1) is 17.5 Å². The van der Waals surface area contributed by atoms with Crippen LogP contribution in [0.3, 0.4) is 0 Å². The summed E-state index contributed by atoms with van der Waals surface area (Å²) in [4.78, 5) is 27.8. The normalized spacial score (nSPS) is 19.4. The van der Waals surface area contributed by atoms with Gasteiger partial charge in [-0.2, -0.15) is 13.2 Å². The van der Waals surface area contributed by atoms with Gasteiger partial charge in [-0.25, -0.2) is 0 Å². The molecule has 0 bridgehead atoms. The molecule has 1 spiro atoms. The second-order valence-electron chi connectivity index (χ2n) is 9.42. The zero-order valence-electron chi connectivity index (χ0n) is 19.7. The van der Waals surface area contributed by atoms with E-state index in [0.717, 1.165) is 50.0 Å². The molecule has 2 aliphatic rings. The van der Waals surface area contributed by atoms with Crippen LogP contribution in [0.5, 0.6) is 5.75 Å². The molecule has 8 heteroatoms. The summed E-state index contributed by atoms with van der Waals surface area (Å²) in [7, 11) is 0. The summed E-state index contributed by atoms with van der Waals surface area (Å²) >= 11 is 0. The Morgan fingerprint density at radius 1 is 0.943 bits per heavy atom. The average Bonchev–Trinajstić information content (AvgIpc) is 2.87. The number of fused-ring (bicyclic) bond motifs is 1. The summed E-state index contributed by atoms with van der Waals surface area (Å²) in [6.07, 6.45) is 1.24. The lowest BCUT2D eigenvalue weighted by atomic mass is 9.73. The summed E-state index contributed by atoms with van der Waals surface area (Å²) in [6.45, 7) is 1.59. The van der Waals surface area contributed by atoms with Crippen molar-refractivity contribution in [1.29, 1.82) is 0 Å². The molecule has 2 aromatic rings. The molecule has 188 valence electrons. The van der Waals surface area contributed by atoms with E-state index in [2.05, 4.69) is 11.4 Å². The van der Waals surface area contributed by atoms with Crippen molar-refractivity contribution >= 4 is 11.8 Å². The zero-order chi connectivity index (χ0) is 24.9. The maximum absolute atomic E-state index is 13.2. The topological polar surface area (TPSA) is 58.6 Å². The number of hydrogen-bond donors (Lipinski definition) is 1. The maximum atomic E-state index is 13.2. The van der Waals surface area contributed by atoms with Gasteiger partial charge in [0, 0.05) is 18.7 Å². The predicted molar refractivity (Wildman–Crippen MR) is 126 cm³/mol. The Balaban J connectivity index is 1.39. The van der Waals surface area contributed by atoms with Crippen LogP contribution in [0.25, 0.3) is 0 Å². The minimum Gasteiger partial charge on any atom is -0.491 e. The number of nitrogens with zero attached hydrogens (tertiary/aromatic N) is 1. The van der Waals surface area contributed by atoms with E-state index in [1.807, 2.05) is 18.2 Å². The van der Waals surface area contributed by atoms with E-state index < -0.39 is 17.2 Å². The van der Waals surface area contributed by atoms with E-state index in [4.69, 9.17) is 4.74 Å². The van der Waals surface area contributed by atoms with Gasteiger partial charge in [-0.15, -0.1) is 0 Å². The summed E-state index contributed by atoms with van der Waals surface area (Å²) in [5, 5.41) is 3.03. The van der Waals surface area contributed by atoms with Crippen molar-refractivity contribution in [2.75, 3.05) is 26.2 Å². The van der Waals surface area contributed by atoms with Crippen LogP contribution in [0, 0.1) is 5.41 Å². The van der Waals surface area contributed by atoms with Crippen molar-refractivity contribution in [3.63, 3.8) is 0 Å². The Bertz CT molecular complexity index is 1030. The van der Waals surface area contributed by atoms with E-state index in [9.17, 15) is 22.8 Å². The molecule has 0 radical (unpaired) electrons. The van der Waals surface area contributed by atoms with E-state index in [0.29, 0.717) is 39.1 Å². The van der Waals surface area contributed by atoms with Crippen LogP contribution in [0.1, 0.15) is 60.0 Å². The van der Waals surface area contributed by atoms with Crippen molar-refractivity contribution in [2.24, 2.45) is 5.41 Å². The fraction of sp³-hybridized carbons (Fsp3) is 0.481. The van der Waals surface area contributed by atoms with Crippen molar-refractivity contribution in [1.82, 2.24) is 10.2 Å². The van der Waals surface area contributed by atoms with Crippen LogP contribution >= 0.6 is 0 Å². The predicted octanol–water partition coefficient (Wildman–Crippen LogP) is 5.24. The molecule has 1 N–H and O–H groups in total. The quantitative estimate of drug-likeness (QED) is 0.597. The number of benzene rings is 2. The van der Waals surface area contributed by atoms with Crippen molar-refractivity contribution in [3.8, 4) is 5.75 Å². The molecule has 1 saturated heterocycles. The van der Waals surface area contributed by atoms with E-state index >= 15 is 0 Å². The number of aryl methyl sites for hydroxylation is 1. The van der Waals surface area contributed by atoms with Crippen molar-refractivity contribution < 1.29 is 27.5 Å². The fourth-order valence-corrected chi connectivity index (χ4v) is 5.03. The molecule has 0 unspecified atom stereocenters. The van der Waals surface area contributed by atoms with Gasteiger partial charge in [0.25, 0.3) is 5.91 Å². The third-order valence-electron chi connectivity index (χ3n) is 7.17. The second-order valence-corrected chi connectivity index (χ2v) is 9.42. The Hall–Kier alpha value is -3.03. The SMILES string of the molecule is O=C(c1ccc(C(F)(F)F)cc1)N1CCC2(CCCCCc3ccccc3OCCNC2=O)CC1. The standard InChI is InChI=1S/C27H31F3N2O3/c28-27(29,30)22-11-9-21(10-12-22)24(33)32-17-14-26(15-18-32)13-5-1-2-6-20-7-3-4-8-23(20)35-19-16-31-25(26)34/h3-4,7-12H,1-2,5-6,13-19H2,(H,31,34). The second kappa shape index (κ2) is 10.7. The smallest absolute Gasteiger partial charge is 0.416 e. The maximum Gasteiger partial charge on any atom is 0.416 e. The molecule has 2 amide bonds. The lowest BCUT2D eigenvalue weighted by molar-refractivity contribution is -0.137. The number of alkyl halides is 3. The van der Waals surface area contributed by atoms with Crippen LogP contribution in [-0.2, 0) is 17.4 Å². The van der Waals surface area contributed by atoms with Gasteiger partial charge in [0.2, 0.25) is 5.91 Å². The van der Waals surface area contributed by atoms with Crippen LogP contribution in [-0.4, -0.2) is 43.0 Å². The number of carbonyl (C=O) groups is 2. The molecule has 0 atom stereocenters. The third kappa shape index (κ3) is 5.97. The Labute approximate surface area is 203 Å². The van der Waals surface area contributed by atoms with Crippen LogP contribution in [0.4, 0.5) is 13.2 Å². The molecular weight excluding hydrogens is 457 g/mol. The number of halogens is 3. The molecule has 0 aliphatic carbocycles. The highest BCUT2D eigenvalue weighted by Gasteiger charge is 2.41. The molecule has 2 aromatic carbocycles. The zero-order valence-corrected chi connectivity index (χ0v) is 19.7. The molecular formula is C27H31F3N2O3. The van der Waals surface area contributed by atoms with Crippen LogP contribution in [0.2, 0.25) is 0 Å². The molecule has 2 heterocycles. The first kappa shape index (κ1) is 25.1. The fourth-order valence-electron chi connectivity index (χ4n) is 5.03. The highest BCUT2D eigenvalue weighted by atomic mass is 19.4. The molecule has 0 aromatic heterocycles. The monoisotopic (exact) mass is 488 g/mol. The number of ether oxygens (including phenoxy) is 1. The largest absolute Gasteiger partial charge is 0.491 e. The van der Waals surface area contributed by atoms with Crippen LogP contribution < -0.4 is 10.1 Å². The molecule has 4 rings (SSSR count). The molecule has 2 aliphatic heterocycles. The Kier molecular flexibility index (Phi) is 7.67. The summed E-state index contributed by atoms with van der Waals surface area (Å²) in [6, 6.07) is 12.3. The summed E-state index contributed by atoms with van der Waals surface area (Å²) in [5.74, 6) is 0.561. The van der Waals surface area contributed by atoms with Gasteiger partial charge < -0.3 is 15.0 Å². The highest BCUT2D eigenvalue weighted by Crippen LogP contribution is 2.38. The van der Waals surface area contributed by atoms with E-state index in [1.165, 1.54) is 17.7 Å². The van der Waals surface area contributed by atoms with Gasteiger partial charge in [-0.1, -0.05) is 31.0 Å². The molecule has 35 heavy (non-hydrogen) atoms. The minimum absolute atomic E-state index is 0.00439. The highest BCUT2D eigenvalue weighted by molar-refractivity contribution is 5.94. The van der Waals surface area contributed by atoms with E-state index in [1.54, 1.807) is 4.90 Å². The van der Waals surface area contributed by atoms with Gasteiger partial charge in [-0.05, 0) is 68.0 Å². The third-order valence-corrected chi connectivity index (χ3v) is 7.17. The Morgan fingerprint density at radius 2 is 1.66 bits per heavy atom. The van der Waals surface area contributed by atoms with Crippen molar-refractivity contribution in [2.45, 2.75) is 51.1 Å². The van der Waals surface area contributed by atoms with Gasteiger partial charge >= 0.3 is 6.18 Å². The first-order valence-electron chi connectivity index (χ1n) is 12.2. The number of para-hydroxylation sites is 1. The number of nitrogens with one attached hydrogen (secondary N) is 1. The molecule has 0 saturated carbocycles. The summed E-state index contributed by atoms with van der Waals surface area (Å²) in [5.41, 5.74) is 0.0880. The van der Waals surface area contributed by atoms with Gasteiger partial charge in [0.1, 0.15) is 12.4 Å². The van der Waals surface area contributed by atoms with Gasteiger partial charge in [0.15, 0.2) is 0 Å². The lowest BCUT2D eigenvalue weighted by Crippen LogP contribution is -2.50. The van der Waals surface area contributed by atoms with Gasteiger partial charge in [-0.3, -0.25) is 9.59 Å².